The molecule has 1 aromatic heterocycles. The van der Waals surface area contributed by atoms with Crippen LogP contribution in [0.5, 0.6) is 6.01 Å². The van der Waals surface area contributed by atoms with Gasteiger partial charge >= 0.3 is 6.01 Å². The maximum absolute atomic E-state index is 5.75. The summed E-state index contributed by atoms with van der Waals surface area (Å²) in [5, 5.41) is 0. The van der Waals surface area contributed by atoms with Gasteiger partial charge in [0.25, 0.3) is 0 Å². The number of nitrogens with zero attached hydrogens (tertiary/aromatic N) is 3. The molecule has 5 nitrogen and oxygen atoms in total. The molecule has 0 fully saturated rings. The number of aromatic nitrogens is 3. The first-order valence-corrected chi connectivity index (χ1v) is 7.21. The molecule has 0 aliphatic rings. The van der Waals surface area contributed by atoms with Gasteiger partial charge in [0.15, 0.2) is 5.82 Å². The third-order valence-corrected chi connectivity index (χ3v) is 2.80. The van der Waals surface area contributed by atoms with Gasteiger partial charge in [-0.3, -0.25) is 0 Å². The van der Waals surface area contributed by atoms with Gasteiger partial charge in [0.2, 0.25) is 5.95 Å². The van der Waals surface area contributed by atoms with Crippen LogP contribution in [0.2, 0.25) is 0 Å². The first-order chi connectivity index (χ1) is 9.94. The lowest BCUT2D eigenvalue weighted by atomic mass is 10.0. The third kappa shape index (κ3) is 4.41. The minimum atomic E-state index is -0.00748. The van der Waals surface area contributed by atoms with E-state index in [1.54, 1.807) is 0 Å². The Hall–Kier alpha value is -2.17. The van der Waals surface area contributed by atoms with Crippen molar-refractivity contribution in [1.29, 1.82) is 0 Å². The summed E-state index contributed by atoms with van der Waals surface area (Å²) >= 11 is 0. The number of rotatable bonds is 5. The molecular formula is C16H22N4O. The number of hydrogen-bond donors (Lipinski definition) is 1. The van der Waals surface area contributed by atoms with Crippen molar-refractivity contribution in [3.63, 3.8) is 0 Å². The number of anilines is 1. The zero-order valence-corrected chi connectivity index (χ0v) is 13.0. The second kappa shape index (κ2) is 6.52. The molecule has 0 bridgehead atoms. The summed E-state index contributed by atoms with van der Waals surface area (Å²) in [5.74, 6) is 1.32. The molecule has 0 aliphatic carbocycles. The van der Waals surface area contributed by atoms with Crippen LogP contribution in [0.25, 0.3) is 11.4 Å². The summed E-state index contributed by atoms with van der Waals surface area (Å²) in [4.78, 5) is 12.6. The molecule has 0 atom stereocenters. The SMILES string of the molecule is CC(C)Cc1cccc(-c2nc(N)nc(OC(C)C)n2)c1. The topological polar surface area (TPSA) is 73.9 Å². The second-order valence-electron chi connectivity index (χ2n) is 5.76. The Morgan fingerprint density at radius 2 is 1.86 bits per heavy atom. The van der Waals surface area contributed by atoms with E-state index in [-0.39, 0.29) is 18.1 Å². The van der Waals surface area contributed by atoms with E-state index in [4.69, 9.17) is 10.5 Å². The van der Waals surface area contributed by atoms with Crippen LogP contribution in [0.15, 0.2) is 24.3 Å². The molecule has 0 spiro atoms. The van der Waals surface area contributed by atoms with Crippen molar-refractivity contribution in [2.75, 3.05) is 5.73 Å². The van der Waals surface area contributed by atoms with Crippen LogP contribution < -0.4 is 10.5 Å². The number of benzene rings is 1. The Kier molecular flexibility index (Phi) is 4.73. The molecule has 2 N–H and O–H groups in total. The monoisotopic (exact) mass is 286 g/mol. The van der Waals surface area contributed by atoms with Crippen LogP contribution in [-0.4, -0.2) is 21.1 Å². The molecule has 0 amide bonds. The van der Waals surface area contributed by atoms with Gasteiger partial charge in [0.1, 0.15) is 0 Å². The Bertz CT molecular complexity index is 611. The smallest absolute Gasteiger partial charge is 0.322 e. The normalized spacial score (nSPS) is 11.1. The molecule has 0 aliphatic heterocycles. The third-order valence-electron chi connectivity index (χ3n) is 2.80. The summed E-state index contributed by atoms with van der Waals surface area (Å²) in [6, 6.07) is 8.45. The highest BCUT2D eigenvalue weighted by atomic mass is 16.5. The highest BCUT2D eigenvalue weighted by molar-refractivity contribution is 5.57. The average molecular weight is 286 g/mol. The highest BCUT2D eigenvalue weighted by Crippen LogP contribution is 2.21. The first-order valence-electron chi connectivity index (χ1n) is 7.21. The van der Waals surface area contributed by atoms with Crippen molar-refractivity contribution in [3.8, 4) is 17.4 Å². The van der Waals surface area contributed by atoms with Gasteiger partial charge in [-0.1, -0.05) is 32.0 Å². The van der Waals surface area contributed by atoms with Gasteiger partial charge < -0.3 is 10.5 Å². The largest absolute Gasteiger partial charge is 0.461 e. The maximum Gasteiger partial charge on any atom is 0.322 e. The van der Waals surface area contributed by atoms with Crippen LogP contribution in [0.4, 0.5) is 5.95 Å². The summed E-state index contributed by atoms with van der Waals surface area (Å²) in [5.41, 5.74) is 7.93. The van der Waals surface area contributed by atoms with Gasteiger partial charge in [-0.15, -0.1) is 0 Å². The molecule has 0 saturated heterocycles. The Morgan fingerprint density at radius 1 is 1.10 bits per heavy atom. The minimum Gasteiger partial charge on any atom is -0.461 e. The van der Waals surface area contributed by atoms with Crippen molar-refractivity contribution < 1.29 is 4.74 Å². The van der Waals surface area contributed by atoms with E-state index in [1.165, 1.54) is 5.56 Å². The molecular weight excluding hydrogens is 264 g/mol. The van der Waals surface area contributed by atoms with Crippen molar-refractivity contribution >= 4 is 5.95 Å². The predicted molar refractivity (Wildman–Crippen MR) is 84.0 cm³/mol. The lowest BCUT2D eigenvalue weighted by molar-refractivity contribution is 0.222. The van der Waals surface area contributed by atoms with E-state index < -0.39 is 0 Å². The number of ether oxygens (including phenoxy) is 1. The average Bonchev–Trinajstić information content (AvgIpc) is 2.36. The second-order valence-corrected chi connectivity index (χ2v) is 5.76. The zero-order chi connectivity index (χ0) is 15.4. The molecule has 112 valence electrons. The van der Waals surface area contributed by atoms with E-state index in [0.29, 0.717) is 11.7 Å². The van der Waals surface area contributed by atoms with Crippen LogP contribution in [-0.2, 0) is 6.42 Å². The summed E-state index contributed by atoms with van der Waals surface area (Å²) in [6.07, 6.45) is 1.01. The number of hydrogen-bond acceptors (Lipinski definition) is 5. The molecule has 2 aromatic rings. The zero-order valence-electron chi connectivity index (χ0n) is 13.0. The molecule has 5 heteroatoms. The standard InChI is InChI=1S/C16H22N4O/c1-10(2)8-12-6-5-7-13(9-12)14-18-15(17)20-16(19-14)21-11(3)4/h5-7,9-11H,8H2,1-4H3,(H2,17,18,19,20). The molecule has 1 aromatic carbocycles. The fourth-order valence-electron chi connectivity index (χ4n) is 2.07. The maximum atomic E-state index is 5.75. The summed E-state index contributed by atoms with van der Waals surface area (Å²) in [6.45, 7) is 8.23. The predicted octanol–water partition coefficient (Wildman–Crippen LogP) is 3.11. The Labute approximate surface area is 125 Å². The van der Waals surface area contributed by atoms with E-state index in [9.17, 15) is 0 Å². The van der Waals surface area contributed by atoms with Crippen LogP contribution in [0, 0.1) is 5.92 Å². The van der Waals surface area contributed by atoms with E-state index in [0.717, 1.165) is 12.0 Å². The van der Waals surface area contributed by atoms with Gasteiger partial charge in [0, 0.05) is 5.56 Å². The molecule has 21 heavy (non-hydrogen) atoms. The van der Waals surface area contributed by atoms with Crippen molar-refractivity contribution in [1.82, 2.24) is 15.0 Å². The molecule has 0 unspecified atom stereocenters. The van der Waals surface area contributed by atoms with Crippen molar-refractivity contribution in [2.24, 2.45) is 5.92 Å². The van der Waals surface area contributed by atoms with Crippen LogP contribution in [0.1, 0.15) is 33.3 Å². The minimum absolute atomic E-state index is 0.00748. The summed E-state index contributed by atoms with van der Waals surface area (Å²) in [7, 11) is 0. The number of nitrogen functional groups attached to an aromatic ring is 1. The van der Waals surface area contributed by atoms with Crippen molar-refractivity contribution in [2.45, 2.75) is 40.2 Å². The van der Waals surface area contributed by atoms with Gasteiger partial charge in [-0.25, -0.2) is 0 Å². The fraction of sp³-hybridized carbons (Fsp3) is 0.438. The quantitative estimate of drug-likeness (QED) is 0.914. The molecule has 2 rings (SSSR count). The Morgan fingerprint density at radius 3 is 2.52 bits per heavy atom. The highest BCUT2D eigenvalue weighted by Gasteiger charge is 2.10. The lowest BCUT2D eigenvalue weighted by Crippen LogP contribution is -2.11. The van der Waals surface area contributed by atoms with Gasteiger partial charge in [0.05, 0.1) is 6.10 Å². The van der Waals surface area contributed by atoms with Crippen LogP contribution >= 0.6 is 0 Å². The van der Waals surface area contributed by atoms with E-state index in [2.05, 4.69) is 40.9 Å². The van der Waals surface area contributed by atoms with E-state index >= 15 is 0 Å². The van der Waals surface area contributed by atoms with Gasteiger partial charge in [-0.05, 0) is 37.8 Å². The Balaban J connectivity index is 2.34. The van der Waals surface area contributed by atoms with Crippen molar-refractivity contribution in [3.05, 3.63) is 29.8 Å². The van der Waals surface area contributed by atoms with Crippen LogP contribution in [0.3, 0.4) is 0 Å². The fourth-order valence-corrected chi connectivity index (χ4v) is 2.07. The van der Waals surface area contributed by atoms with E-state index in [1.807, 2.05) is 26.0 Å². The molecule has 1 heterocycles. The molecule has 0 saturated carbocycles. The first kappa shape index (κ1) is 15.2. The molecule has 0 radical (unpaired) electrons. The summed E-state index contributed by atoms with van der Waals surface area (Å²) < 4.78 is 5.51. The number of nitrogens with two attached hydrogens (primary N) is 1. The lowest BCUT2D eigenvalue weighted by Gasteiger charge is -2.10. The van der Waals surface area contributed by atoms with Gasteiger partial charge in [-0.2, -0.15) is 15.0 Å².